The highest BCUT2D eigenvalue weighted by atomic mass is 15.3. The van der Waals surface area contributed by atoms with Gasteiger partial charge in [0.2, 0.25) is 5.96 Å². The molecule has 0 heterocycles. The van der Waals surface area contributed by atoms with Crippen LogP contribution >= 0.6 is 0 Å². The summed E-state index contributed by atoms with van der Waals surface area (Å²) >= 11 is 0. The maximum Gasteiger partial charge on any atom is 0.206 e. The Labute approximate surface area is 95.0 Å². The lowest BCUT2D eigenvalue weighted by atomic mass is 10.1. The lowest BCUT2D eigenvalue weighted by Crippen LogP contribution is -2.41. The van der Waals surface area contributed by atoms with Gasteiger partial charge in [0.1, 0.15) is 0 Å². The van der Waals surface area contributed by atoms with Crippen LogP contribution in [0.15, 0.2) is 29.3 Å². The van der Waals surface area contributed by atoms with Crippen LogP contribution in [0.2, 0.25) is 0 Å². The summed E-state index contributed by atoms with van der Waals surface area (Å²) in [5, 5.41) is 11.7. The van der Waals surface area contributed by atoms with E-state index in [1.165, 1.54) is 0 Å². The fourth-order valence-corrected chi connectivity index (χ4v) is 1.23. The summed E-state index contributed by atoms with van der Waals surface area (Å²) in [5.41, 5.74) is 4.09. The average molecular weight is 217 g/mol. The van der Waals surface area contributed by atoms with Crippen LogP contribution in [0.1, 0.15) is 18.1 Å². The van der Waals surface area contributed by atoms with E-state index < -0.39 is 0 Å². The summed E-state index contributed by atoms with van der Waals surface area (Å²) in [6.45, 7) is 3.20. The molecule has 0 unspecified atom stereocenters. The number of nitrogens with zero attached hydrogens (tertiary/aromatic N) is 2. The molecule has 0 aliphatic carbocycles. The van der Waals surface area contributed by atoms with Gasteiger partial charge in [-0.3, -0.25) is 5.43 Å². The van der Waals surface area contributed by atoms with Crippen molar-refractivity contribution in [3.8, 4) is 6.07 Å². The van der Waals surface area contributed by atoms with Gasteiger partial charge in [-0.2, -0.15) is 5.26 Å². The van der Waals surface area contributed by atoms with Gasteiger partial charge in [0.15, 0.2) is 0 Å². The highest BCUT2D eigenvalue weighted by molar-refractivity contribution is 5.79. The largest absolute Gasteiger partial charge is 0.356 e. The Morgan fingerprint density at radius 1 is 1.56 bits per heavy atom. The van der Waals surface area contributed by atoms with Crippen LogP contribution in [0, 0.1) is 11.3 Å². The standard InChI is InChI=1S/C11H15N5/c1-2-14-11(16-13)15-8-10-5-3-4-9(6-10)7-12/h3-6H,2,8,13H2,1H3,(H2,14,15,16). The molecule has 4 N–H and O–H groups in total. The Hall–Kier alpha value is -2.06. The summed E-state index contributed by atoms with van der Waals surface area (Å²) in [4.78, 5) is 4.24. The highest BCUT2D eigenvalue weighted by Gasteiger charge is 1.96. The monoisotopic (exact) mass is 217 g/mol. The van der Waals surface area contributed by atoms with Crippen LogP contribution in [0.5, 0.6) is 0 Å². The minimum atomic E-state index is 0.488. The number of aliphatic imine (C=N–C) groups is 1. The van der Waals surface area contributed by atoms with Crippen molar-refractivity contribution in [3.05, 3.63) is 35.4 Å². The highest BCUT2D eigenvalue weighted by Crippen LogP contribution is 2.05. The topological polar surface area (TPSA) is 86.2 Å². The van der Waals surface area contributed by atoms with Crippen LogP contribution < -0.4 is 16.6 Å². The predicted octanol–water partition coefficient (Wildman–Crippen LogP) is 0.487. The fraction of sp³-hybridized carbons (Fsp3) is 0.273. The number of hydrogen-bond donors (Lipinski definition) is 3. The van der Waals surface area contributed by atoms with Crippen LogP contribution in [0.4, 0.5) is 0 Å². The van der Waals surface area contributed by atoms with Gasteiger partial charge in [0.25, 0.3) is 0 Å². The molecule has 0 aliphatic heterocycles. The van der Waals surface area contributed by atoms with E-state index in [0.29, 0.717) is 18.1 Å². The lowest BCUT2D eigenvalue weighted by molar-refractivity contribution is 0.852. The average Bonchev–Trinajstić information content (AvgIpc) is 2.34. The van der Waals surface area contributed by atoms with Gasteiger partial charge in [0.05, 0.1) is 18.2 Å². The molecule has 0 amide bonds. The first kappa shape index (κ1) is 12.0. The number of guanidine groups is 1. The van der Waals surface area contributed by atoms with Crippen molar-refractivity contribution in [2.75, 3.05) is 6.54 Å². The second kappa shape index (κ2) is 6.43. The minimum Gasteiger partial charge on any atom is -0.356 e. The molecule has 1 rings (SSSR count). The Bertz CT molecular complexity index is 405. The summed E-state index contributed by atoms with van der Waals surface area (Å²) in [7, 11) is 0. The number of rotatable bonds is 3. The van der Waals surface area contributed by atoms with Gasteiger partial charge in [-0.1, -0.05) is 12.1 Å². The summed E-state index contributed by atoms with van der Waals surface area (Å²) in [6, 6.07) is 9.42. The second-order valence-electron chi connectivity index (χ2n) is 3.15. The molecule has 0 bridgehead atoms. The minimum absolute atomic E-state index is 0.488. The molecule has 1 aromatic rings. The Balaban J connectivity index is 2.69. The van der Waals surface area contributed by atoms with Crippen molar-refractivity contribution < 1.29 is 0 Å². The fourth-order valence-electron chi connectivity index (χ4n) is 1.23. The van der Waals surface area contributed by atoms with Crippen molar-refractivity contribution >= 4 is 5.96 Å². The normalized spacial score (nSPS) is 10.7. The summed E-state index contributed by atoms with van der Waals surface area (Å²) < 4.78 is 0. The van der Waals surface area contributed by atoms with E-state index in [9.17, 15) is 0 Å². The van der Waals surface area contributed by atoms with Gasteiger partial charge < -0.3 is 5.32 Å². The van der Waals surface area contributed by atoms with Gasteiger partial charge in [-0.25, -0.2) is 10.8 Å². The molecule has 84 valence electrons. The van der Waals surface area contributed by atoms with E-state index in [1.54, 1.807) is 6.07 Å². The number of hydrazine groups is 1. The SMILES string of the molecule is CCNC(=NCc1cccc(C#N)c1)NN. The third kappa shape index (κ3) is 3.59. The maximum absolute atomic E-state index is 8.74. The van der Waals surface area contributed by atoms with Gasteiger partial charge >= 0.3 is 0 Å². The summed E-state index contributed by atoms with van der Waals surface area (Å²) in [5.74, 6) is 5.83. The molecule has 0 radical (unpaired) electrons. The smallest absolute Gasteiger partial charge is 0.206 e. The molecule has 0 aromatic heterocycles. The van der Waals surface area contributed by atoms with E-state index >= 15 is 0 Å². The predicted molar refractivity (Wildman–Crippen MR) is 63.3 cm³/mol. The lowest BCUT2D eigenvalue weighted by Gasteiger charge is -2.06. The Kier molecular flexibility index (Phi) is 4.83. The van der Waals surface area contributed by atoms with Crippen molar-refractivity contribution in [3.63, 3.8) is 0 Å². The zero-order chi connectivity index (χ0) is 11.8. The third-order valence-corrected chi connectivity index (χ3v) is 1.96. The Morgan fingerprint density at radius 3 is 3.00 bits per heavy atom. The van der Waals surface area contributed by atoms with E-state index in [2.05, 4.69) is 21.8 Å². The van der Waals surface area contributed by atoms with Crippen LogP contribution in [-0.4, -0.2) is 12.5 Å². The maximum atomic E-state index is 8.74. The molecule has 5 heteroatoms. The zero-order valence-corrected chi connectivity index (χ0v) is 9.20. The molecular formula is C11H15N5. The quantitative estimate of drug-likeness (QED) is 0.297. The first-order valence-corrected chi connectivity index (χ1v) is 5.04. The van der Waals surface area contributed by atoms with Crippen molar-refractivity contribution in [1.29, 1.82) is 5.26 Å². The van der Waals surface area contributed by atoms with E-state index in [-0.39, 0.29) is 0 Å². The molecule has 5 nitrogen and oxygen atoms in total. The number of hydrogen-bond acceptors (Lipinski definition) is 3. The summed E-state index contributed by atoms with van der Waals surface area (Å²) in [6.07, 6.45) is 0. The van der Waals surface area contributed by atoms with E-state index in [4.69, 9.17) is 11.1 Å². The molecule has 16 heavy (non-hydrogen) atoms. The Morgan fingerprint density at radius 2 is 2.38 bits per heavy atom. The number of nitrogens with one attached hydrogen (secondary N) is 2. The number of nitrogens with two attached hydrogens (primary N) is 1. The molecule has 0 fully saturated rings. The van der Waals surface area contributed by atoms with Crippen molar-refractivity contribution in [2.24, 2.45) is 10.8 Å². The molecule has 0 spiro atoms. The first-order chi connectivity index (χ1) is 7.80. The number of benzene rings is 1. The zero-order valence-electron chi connectivity index (χ0n) is 9.20. The first-order valence-electron chi connectivity index (χ1n) is 5.04. The van der Waals surface area contributed by atoms with Gasteiger partial charge in [-0.15, -0.1) is 0 Å². The van der Waals surface area contributed by atoms with E-state index in [0.717, 1.165) is 12.1 Å². The van der Waals surface area contributed by atoms with Crippen LogP contribution in [0.25, 0.3) is 0 Å². The van der Waals surface area contributed by atoms with Gasteiger partial charge in [0, 0.05) is 6.54 Å². The molecule has 0 saturated carbocycles. The second-order valence-corrected chi connectivity index (χ2v) is 3.15. The van der Waals surface area contributed by atoms with Crippen LogP contribution in [0.3, 0.4) is 0 Å². The number of nitriles is 1. The van der Waals surface area contributed by atoms with Crippen molar-refractivity contribution in [1.82, 2.24) is 10.7 Å². The van der Waals surface area contributed by atoms with Gasteiger partial charge in [-0.05, 0) is 24.6 Å². The van der Waals surface area contributed by atoms with Crippen molar-refractivity contribution in [2.45, 2.75) is 13.5 Å². The molecule has 0 atom stereocenters. The van der Waals surface area contributed by atoms with Crippen LogP contribution in [-0.2, 0) is 6.54 Å². The third-order valence-electron chi connectivity index (χ3n) is 1.96. The molecule has 0 aliphatic rings. The molecular weight excluding hydrogens is 202 g/mol. The van der Waals surface area contributed by atoms with E-state index in [1.807, 2.05) is 25.1 Å². The molecule has 0 saturated heterocycles. The molecule has 1 aromatic carbocycles.